The van der Waals surface area contributed by atoms with Crippen LogP contribution in [0.4, 0.5) is 0 Å². The quantitative estimate of drug-likeness (QED) is 0.407. The fourth-order valence-electron chi connectivity index (χ4n) is 4.18. The van der Waals surface area contributed by atoms with Crippen molar-refractivity contribution in [3.8, 4) is 0 Å². The lowest BCUT2D eigenvalue weighted by Gasteiger charge is -2.31. The van der Waals surface area contributed by atoms with E-state index in [0.29, 0.717) is 24.4 Å². The van der Waals surface area contributed by atoms with Gasteiger partial charge in [0.15, 0.2) is 11.6 Å². The summed E-state index contributed by atoms with van der Waals surface area (Å²) in [5, 5.41) is 3.65. The highest BCUT2D eigenvalue weighted by Gasteiger charge is 2.27. The molecule has 0 radical (unpaired) electrons. The summed E-state index contributed by atoms with van der Waals surface area (Å²) < 4.78 is 5.52. The number of Topliss-reactive ketones (excluding diaryl/α,β-unsaturated/α-hetero) is 1. The second-order valence-corrected chi connectivity index (χ2v) is 9.30. The number of aliphatic imine (C=N–C) groups is 3. The summed E-state index contributed by atoms with van der Waals surface area (Å²) >= 11 is 1.65. The molecule has 1 aromatic rings. The monoisotopic (exact) mass is 466 g/mol. The zero-order valence-corrected chi connectivity index (χ0v) is 20.6. The molecule has 1 N–H and O–H groups in total. The predicted molar refractivity (Wildman–Crippen MR) is 140 cm³/mol. The van der Waals surface area contributed by atoms with Crippen molar-refractivity contribution >= 4 is 35.8 Å². The maximum absolute atomic E-state index is 12.8. The van der Waals surface area contributed by atoms with Crippen molar-refractivity contribution in [2.75, 3.05) is 19.2 Å². The molecule has 0 aromatic heterocycles. The van der Waals surface area contributed by atoms with E-state index in [-0.39, 0.29) is 11.7 Å². The Morgan fingerprint density at radius 1 is 1.30 bits per heavy atom. The summed E-state index contributed by atoms with van der Waals surface area (Å²) in [7, 11) is 1.78. The summed E-state index contributed by atoms with van der Waals surface area (Å²) in [4.78, 5) is 26.6. The maximum atomic E-state index is 12.8. The van der Waals surface area contributed by atoms with Crippen LogP contribution in [0.25, 0.3) is 0 Å². The topological polar surface area (TPSA) is 75.4 Å². The van der Waals surface area contributed by atoms with Gasteiger partial charge in [-0.3, -0.25) is 14.8 Å². The second-order valence-electron chi connectivity index (χ2n) is 8.47. The molecule has 1 unspecified atom stereocenters. The van der Waals surface area contributed by atoms with Gasteiger partial charge in [-0.1, -0.05) is 37.3 Å². The van der Waals surface area contributed by atoms with Crippen LogP contribution in [-0.4, -0.2) is 55.4 Å². The van der Waals surface area contributed by atoms with Gasteiger partial charge in [0.05, 0.1) is 12.0 Å². The van der Waals surface area contributed by atoms with E-state index in [2.05, 4.69) is 17.0 Å². The number of allylic oxidation sites excluding steroid dienone is 2. The van der Waals surface area contributed by atoms with E-state index in [4.69, 9.17) is 14.7 Å². The molecule has 1 aliphatic carbocycles. The van der Waals surface area contributed by atoms with Crippen molar-refractivity contribution in [1.29, 1.82) is 0 Å². The summed E-state index contributed by atoms with van der Waals surface area (Å²) in [6.07, 6.45) is 10.6. The van der Waals surface area contributed by atoms with Crippen molar-refractivity contribution in [3.63, 3.8) is 0 Å². The predicted octanol–water partition coefficient (Wildman–Crippen LogP) is 5.08. The van der Waals surface area contributed by atoms with Crippen LogP contribution in [0.5, 0.6) is 0 Å². The van der Waals surface area contributed by atoms with Crippen LogP contribution in [-0.2, 0) is 4.74 Å². The van der Waals surface area contributed by atoms with E-state index in [1.807, 2.05) is 49.6 Å². The van der Waals surface area contributed by atoms with Gasteiger partial charge in [0.25, 0.3) is 0 Å². The van der Waals surface area contributed by atoms with E-state index in [0.717, 1.165) is 54.1 Å². The lowest BCUT2D eigenvalue weighted by molar-refractivity contribution is 0.0646. The minimum Gasteiger partial charge on any atom is -0.381 e. The number of rotatable bonds is 9. The lowest BCUT2D eigenvalue weighted by Crippen LogP contribution is -2.43. The van der Waals surface area contributed by atoms with Crippen molar-refractivity contribution in [2.24, 2.45) is 20.9 Å². The average Bonchev–Trinajstić information content (AvgIpc) is 2.84. The van der Waals surface area contributed by atoms with Crippen LogP contribution in [0.1, 0.15) is 49.4 Å². The van der Waals surface area contributed by atoms with E-state index in [9.17, 15) is 4.79 Å². The third-order valence-corrected chi connectivity index (χ3v) is 6.45. The molecular formula is C26H34N4O2S. The van der Waals surface area contributed by atoms with E-state index in [1.165, 1.54) is 0 Å². The Labute approximate surface area is 201 Å². The number of carbonyl (C=O) groups excluding carboxylic acids is 1. The molecule has 1 saturated carbocycles. The minimum atomic E-state index is -0.0472. The summed E-state index contributed by atoms with van der Waals surface area (Å²) in [5.41, 5.74) is 3.25. The van der Waals surface area contributed by atoms with Gasteiger partial charge in [-0.15, -0.1) is 11.8 Å². The molecule has 6 nitrogen and oxygen atoms in total. The number of ether oxygens (including phenoxy) is 1. The Morgan fingerprint density at radius 3 is 2.67 bits per heavy atom. The first kappa shape index (κ1) is 25.1. The van der Waals surface area contributed by atoms with E-state index in [1.54, 1.807) is 25.1 Å². The number of amidine groups is 1. The number of benzene rings is 1. The van der Waals surface area contributed by atoms with Gasteiger partial charge in [0.2, 0.25) is 0 Å². The molecule has 0 amide bonds. The Hall–Kier alpha value is -2.51. The van der Waals surface area contributed by atoms with Gasteiger partial charge in [0, 0.05) is 48.5 Å². The molecule has 1 fully saturated rings. The van der Waals surface area contributed by atoms with Crippen LogP contribution in [0, 0.1) is 5.92 Å². The Balaban J connectivity index is 1.84. The first-order valence-electron chi connectivity index (χ1n) is 11.4. The van der Waals surface area contributed by atoms with Crippen molar-refractivity contribution in [3.05, 3.63) is 59.4 Å². The highest BCUT2D eigenvalue weighted by Crippen LogP contribution is 2.27. The third-order valence-electron chi connectivity index (χ3n) is 6.06. The number of hydrogen-bond donors (Lipinski definition) is 1. The van der Waals surface area contributed by atoms with E-state index >= 15 is 0 Å². The summed E-state index contributed by atoms with van der Waals surface area (Å²) in [6.45, 7) is 5.68. The normalized spacial score (nSPS) is 24.2. The number of carbonyl (C=O) groups is 1. The fraction of sp³-hybridized carbons (Fsp3) is 0.462. The molecule has 1 aliphatic heterocycles. The zero-order chi connectivity index (χ0) is 23.6. The molecular weight excluding hydrogens is 432 g/mol. The first-order chi connectivity index (χ1) is 16.0. The van der Waals surface area contributed by atoms with Crippen molar-refractivity contribution < 1.29 is 9.53 Å². The molecule has 1 heterocycles. The molecule has 0 saturated heterocycles. The SMILES string of the molecule is C=N/C=C1/C=C(C(C)CC(=O)c2ccccc2)N=C(NC2CCC(OC)CC2)/C1=N/CSC. The van der Waals surface area contributed by atoms with Crippen LogP contribution in [0.15, 0.2) is 68.9 Å². The molecule has 33 heavy (non-hydrogen) atoms. The lowest BCUT2D eigenvalue weighted by atomic mass is 9.91. The Kier molecular flexibility index (Phi) is 9.63. The maximum Gasteiger partial charge on any atom is 0.163 e. The van der Waals surface area contributed by atoms with Gasteiger partial charge in [-0.25, -0.2) is 4.99 Å². The molecule has 176 valence electrons. The summed E-state index contributed by atoms with van der Waals surface area (Å²) in [6, 6.07) is 9.73. The van der Waals surface area contributed by atoms with Crippen LogP contribution >= 0.6 is 11.8 Å². The third kappa shape index (κ3) is 6.98. The number of nitrogens with one attached hydrogen (secondary N) is 1. The fourth-order valence-corrected chi connectivity index (χ4v) is 4.44. The molecule has 1 aromatic carbocycles. The van der Waals surface area contributed by atoms with Crippen LogP contribution < -0.4 is 5.32 Å². The summed E-state index contributed by atoms with van der Waals surface area (Å²) in [5.74, 6) is 1.46. The number of thioether (sulfide) groups is 1. The van der Waals surface area contributed by atoms with Crippen LogP contribution in [0.2, 0.25) is 0 Å². The first-order valence-corrected chi connectivity index (χ1v) is 12.8. The second kappa shape index (κ2) is 12.7. The van der Waals surface area contributed by atoms with Gasteiger partial charge in [-0.2, -0.15) is 0 Å². The van der Waals surface area contributed by atoms with E-state index < -0.39 is 0 Å². The Bertz CT molecular complexity index is 944. The average molecular weight is 467 g/mol. The standard InChI is InChI=1S/C26H34N4O2S/c1-18(14-24(31)19-8-6-5-7-9-19)23-15-20(16-27-2)25(28-17-33-4)26(30-23)29-21-10-12-22(32-3)13-11-21/h5-9,15-16,18,21-22H,2,10-14,17H2,1,3-4H3,(H,29,30)/b20-16-,28-25+. The number of hydrogen-bond acceptors (Lipinski definition) is 7. The Morgan fingerprint density at radius 2 is 2.03 bits per heavy atom. The smallest absolute Gasteiger partial charge is 0.163 e. The molecule has 2 aliphatic rings. The van der Waals surface area contributed by atoms with Gasteiger partial charge in [-0.05, 0) is 44.7 Å². The highest BCUT2D eigenvalue weighted by molar-refractivity contribution is 7.98. The zero-order valence-electron chi connectivity index (χ0n) is 19.8. The number of nitrogens with zero attached hydrogens (tertiary/aromatic N) is 3. The van der Waals surface area contributed by atoms with Gasteiger partial charge < -0.3 is 10.1 Å². The molecule has 3 rings (SSSR count). The van der Waals surface area contributed by atoms with Crippen molar-refractivity contribution in [2.45, 2.75) is 51.2 Å². The molecule has 7 heteroatoms. The molecule has 0 spiro atoms. The van der Waals surface area contributed by atoms with Crippen molar-refractivity contribution in [1.82, 2.24) is 5.32 Å². The molecule has 0 bridgehead atoms. The van der Waals surface area contributed by atoms with Gasteiger partial charge >= 0.3 is 0 Å². The van der Waals surface area contributed by atoms with Gasteiger partial charge in [0.1, 0.15) is 5.71 Å². The number of methoxy groups -OCH3 is 1. The number of ketones is 1. The molecule has 1 atom stereocenters. The minimum absolute atomic E-state index is 0.0472. The largest absolute Gasteiger partial charge is 0.381 e. The van der Waals surface area contributed by atoms with Crippen LogP contribution in [0.3, 0.4) is 0 Å². The highest BCUT2D eigenvalue weighted by atomic mass is 32.2.